The first kappa shape index (κ1) is 16.7. The highest BCUT2D eigenvalue weighted by Gasteiger charge is 2.10. The van der Waals surface area contributed by atoms with Crippen LogP contribution in [0.2, 0.25) is 0 Å². The molecule has 0 fully saturated rings. The second-order valence-electron chi connectivity index (χ2n) is 5.00. The zero-order chi connectivity index (χ0) is 15.9. The Morgan fingerprint density at radius 1 is 1.36 bits per heavy atom. The highest BCUT2D eigenvalue weighted by atomic mass is 127. The molecule has 0 saturated carbocycles. The molecule has 0 aliphatic rings. The second kappa shape index (κ2) is 8.12. The Morgan fingerprint density at radius 3 is 2.91 bits per heavy atom. The lowest BCUT2D eigenvalue weighted by atomic mass is 10.2. The lowest BCUT2D eigenvalue weighted by Gasteiger charge is -2.09. The molecule has 1 amide bonds. The predicted molar refractivity (Wildman–Crippen MR) is 96.5 cm³/mol. The topological polar surface area (TPSA) is 51.2 Å². The number of nitrogens with zero attached hydrogens (tertiary/aromatic N) is 1. The molecule has 1 aromatic carbocycles. The normalized spacial score (nSPS) is 10.3. The molecule has 5 heteroatoms. The lowest BCUT2D eigenvalue weighted by molar-refractivity contribution is 0.102. The SMILES string of the molecule is CCCCOc1cccc(C(=O)Nc2ncc(I)cc2C)c1. The van der Waals surface area contributed by atoms with E-state index in [1.54, 1.807) is 18.3 Å². The van der Waals surface area contributed by atoms with E-state index in [1.165, 1.54) is 0 Å². The fourth-order valence-corrected chi connectivity index (χ4v) is 2.52. The van der Waals surface area contributed by atoms with Crippen LogP contribution in [0.5, 0.6) is 5.75 Å². The van der Waals surface area contributed by atoms with Gasteiger partial charge in [-0.15, -0.1) is 0 Å². The number of ether oxygens (including phenoxy) is 1. The van der Waals surface area contributed by atoms with E-state index in [0.717, 1.165) is 22.0 Å². The van der Waals surface area contributed by atoms with Crippen LogP contribution in [0, 0.1) is 10.5 Å². The van der Waals surface area contributed by atoms with Crippen molar-refractivity contribution in [2.75, 3.05) is 11.9 Å². The molecule has 1 aromatic heterocycles. The summed E-state index contributed by atoms with van der Waals surface area (Å²) in [4.78, 5) is 16.6. The van der Waals surface area contributed by atoms with E-state index in [1.807, 2.05) is 25.1 Å². The highest BCUT2D eigenvalue weighted by molar-refractivity contribution is 14.1. The number of hydrogen-bond donors (Lipinski definition) is 1. The van der Waals surface area contributed by atoms with Crippen LogP contribution < -0.4 is 10.1 Å². The van der Waals surface area contributed by atoms with Crippen molar-refractivity contribution in [2.24, 2.45) is 0 Å². The monoisotopic (exact) mass is 410 g/mol. The minimum atomic E-state index is -0.183. The second-order valence-corrected chi connectivity index (χ2v) is 6.25. The van der Waals surface area contributed by atoms with Crippen LogP contribution in [0.25, 0.3) is 0 Å². The minimum absolute atomic E-state index is 0.183. The molecule has 2 aromatic rings. The smallest absolute Gasteiger partial charge is 0.256 e. The van der Waals surface area contributed by atoms with Gasteiger partial charge in [-0.2, -0.15) is 0 Å². The van der Waals surface area contributed by atoms with Gasteiger partial charge in [0.15, 0.2) is 0 Å². The first-order valence-corrected chi connectivity index (χ1v) is 8.34. The molecule has 22 heavy (non-hydrogen) atoms. The molecule has 1 heterocycles. The first-order chi connectivity index (χ1) is 10.6. The summed E-state index contributed by atoms with van der Waals surface area (Å²) in [5, 5.41) is 2.84. The fourth-order valence-electron chi connectivity index (χ4n) is 1.91. The number of carbonyl (C=O) groups is 1. The number of pyridine rings is 1. The molecule has 2 rings (SSSR count). The third-order valence-corrected chi connectivity index (χ3v) is 3.73. The van der Waals surface area contributed by atoms with Crippen molar-refractivity contribution in [3.8, 4) is 5.75 Å². The Kier molecular flexibility index (Phi) is 6.18. The van der Waals surface area contributed by atoms with Crippen molar-refractivity contribution in [1.82, 2.24) is 4.98 Å². The summed E-state index contributed by atoms with van der Waals surface area (Å²) < 4.78 is 6.67. The van der Waals surface area contributed by atoms with Crippen LogP contribution in [0.1, 0.15) is 35.7 Å². The van der Waals surface area contributed by atoms with E-state index in [2.05, 4.69) is 39.8 Å². The molecular formula is C17H19IN2O2. The molecule has 0 bridgehead atoms. The first-order valence-electron chi connectivity index (χ1n) is 7.26. The van der Waals surface area contributed by atoms with Crippen molar-refractivity contribution >= 4 is 34.3 Å². The van der Waals surface area contributed by atoms with Crippen molar-refractivity contribution in [1.29, 1.82) is 0 Å². The lowest BCUT2D eigenvalue weighted by Crippen LogP contribution is -2.14. The number of hydrogen-bond acceptors (Lipinski definition) is 3. The number of aryl methyl sites for hydroxylation is 1. The Hall–Kier alpha value is -1.63. The van der Waals surface area contributed by atoms with Gasteiger partial charge in [-0.1, -0.05) is 19.4 Å². The Labute approximate surface area is 144 Å². The van der Waals surface area contributed by atoms with Crippen LogP contribution in [0.3, 0.4) is 0 Å². The third-order valence-electron chi connectivity index (χ3n) is 3.14. The van der Waals surface area contributed by atoms with Crippen LogP contribution in [0.15, 0.2) is 36.5 Å². The van der Waals surface area contributed by atoms with Crippen molar-refractivity contribution in [2.45, 2.75) is 26.7 Å². The van der Waals surface area contributed by atoms with Crippen LogP contribution in [-0.2, 0) is 0 Å². The summed E-state index contributed by atoms with van der Waals surface area (Å²) in [7, 11) is 0. The van der Waals surface area contributed by atoms with Gasteiger partial charge in [-0.25, -0.2) is 4.98 Å². The molecule has 0 aliphatic carbocycles. The van der Waals surface area contributed by atoms with E-state index in [9.17, 15) is 4.79 Å². The molecule has 4 nitrogen and oxygen atoms in total. The molecule has 0 aliphatic heterocycles. The zero-order valence-corrected chi connectivity index (χ0v) is 14.9. The summed E-state index contributed by atoms with van der Waals surface area (Å²) in [5.74, 6) is 1.12. The Bertz CT molecular complexity index is 659. The quantitative estimate of drug-likeness (QED) is 0.567. The molecule has 1 N–H and O–H groups in total. The van der Waals surface area contributed by atoms with E-state index in [0.29, 0.717) is 23.7 Å². The largest absolute Gasteiger partial charge is 0.494 e. The van der Waals surface area contributed by atoms with Gasteiger partial charge in [-0.05, 0) is 65.8 Å². The summed E-state index contributed by atoms with van der Waals surface area (Å²) >= 11 is 2.20. The summed E-state index contributed by atoms with van der Waals surface area (Å²) in [6, 6.07) is 9.19. The number of nitrogens with one attached hydrogen (secondary N) is 1. The molecule has 0 unspecified atom stereocenters. The number of benzene rings is 1. The molecule has 0 spiro atoms. The van der Waals surface area contributed by atoms with Gasteiger partial charge >= 0.3 is 0 Å². The van der Waals surface area contributed by atoms with Gasteiger partial charge in [0.05, 0.1) is 6.61 Å². The van der Waals surface area contributed by atoms with Gasteiger partial charge < -0.3 is 10.1 Å². The highest BCUT2D eigenvalue weighted by Crippen LogP contribution is 2.18. The standard InChI is InChI=1S/C17H19IN2O2/c1-3-4-8-22-15-7-5-6-13(10-15)17(21)20-16-12(2)9-14(18)11-19-16/h5-7,9-11H,3-4,8H2,1-2H3,(H,19,20,21). The van der Waals surface area contributed by atoms with Gasteiger partial charge in [0, 0.05) is 15.3 Å². The summed E-state index contributed by atoms with van der Waals surface area (Å²) in [6.45, 7) is 4.71. The van der Waals surface area contributed by atoms with E-state index in [-0.39, 0.29) is 5.91 Å². The number of anilines is 1. The van der Waals surface area contributed by atoms with E-state index < -0.39 is 0 Å². The summed E-state index contributed by atoms with van der Waals surface area (Å²) in [6.07, 6.45) is 3.81. The molecule has 116 valence electrons. The maximum absolute atomic E-state index is 12.3. The van der Waals surface area contributed by atoms with Crippen molar-refractivity contribution in [3.05, 3.63) is 51.2 Å². The molecular weight excluding hydrogens is 391 g/mol. The zero-order valence-electron chi connectivity index (χ0n) is 12.7. The fraction of sp³-hybridized carbons (Fsp3) is 0.294. The third kappa shape index (κ3) is 4.69. The van der Waals surface area contributed by atoms with Gasteiger partial charge in [0.25, 0.3) is 5.91 Å². The van der Waals surface area contributed by atoms with E-state index >= 15 is 0 Å². The maximum atomic E-state index is 12.3. The minimum Gasteiger partial charge on any atom is -0.494 e. The average Bonchev–Trinajstić information content (AvgIpc) is 2.50. The number of halogens is 1. The summed E-state index contributed by atoms with van der Waals surface area (Å²) in [5.41, 5.74) is 1.50. The van der Waals surface area contributed by atoms with Gasteiger partial charge in [0.1, 0.15) is 11.6 Å². The Balaban J connectivity index is 2.07. The van der Waals surface area contributed by atoms with Gasteiger partial charge in [-0.3, -0.25) is 4.79 Å². The number of unbranched alkanes of at least 4 members (excludes halogenated alkanes) is 1. The van der Waals surface area contributed by atoms with Gasteiger partial charge in [0.2, 0.25) is 0 Å². The van der Waals surface area contributed by atoms with E-state index in [4.69, 9.17) is 4.74 Å². The Morgan fingerprint density at radius 2 is 2.18 bits per heavy atom. The number of aromatic nitrogens is 1. The molecule has 0 atom stereocenters. The van der Waals surface area contributed by atoms with Crippen molar-refractivity contribution in [3.63, 3.8) is 0 Å². The number of carbonyl (C=O) groups excluding carboxylic acids is 1. The van der Waals surface area contributed by atoms with Crippen LogP contribution in [0.4, 0.5) is 5.82 Å². The average molecular weight is 410 g/mol. The molecule has 0 radical (unpaired) electrons. The number of rotatable bonds is 6. The van der Waals surface area contributed by atoms with Crippen LogP contribution >= 0.6 is 22.6 Å². The molecule has 0 saturated heterocycles. The van der Waals surface area contributed by atoms with Crippen LogP contribution in [-0.4, -0.2) is 17.5 Å². The maximum Gasteiger partial charge on any atom is 0.256 e. The number of amides is 1. The van der Waals surface area contributed by atoms with Crippen molar-refractivity contribution < 1.29 is 9.53 Å². The predicted octanol–water partition coefficient (Wildman–Crippen LogP) is 4.43.